The number of carbonyl (C=O) groups is 4. The van der Waals surface area contributed by atoms with Crippen molar-refractivity contribution < 1.29 is 33.6 Å². The van der Waals surface area contributed by atoms with E-state index in [1.165, 1.54) is 0 Å². The van der Waals surface area contributed by atoms with E-state index in [9.17, 15) is 24.3 Å². The summed E-state index contributed by atoms with van der Waals surface area (Å²) in [7, 11) is 1.80. The molecule has 36 heavy (non-hydrogen) atoms. The number of aliphatic carboxylic acids is 1. The van der Waals surface area contributed by atoms with Gasteiger partial charge in [-0.05, 0) is 24.3 Å². The number of imide groups is 1. The maximum atomic E-state index is 13.5. The Morgan fingerprint density at radius 1 is 0.917 bits per heavy atom. The molecular formula is C28H23N2O6+. The van der Waals surface area contributed by atoms with Crippen LogP contribution in [0.1, 0.15) is 34.7 Å². The Morgan fingerprint density at radius 3 is 2.25 bits per heavy atom. The monoisotopic (exact) mass is 483 g/mol. The summed E-state index contributed by atoms with van der Waals surface area (Å²) in [5.74, 6) is -3.29. The molecule has 1 aromatic heterocycles. The minimum absolute atomic E-state index is 0.0780. The maximum Gasteiger partial charge on any atom is 0.345 e. The number of rotatable bonds is 6. The zero-order valence-corrected chi connectivity index (χ0v) is 19.5. The number of carboxylic acid groups (broad SMARTS) is 1. The number of pyridine rings is 1. The number of nitrogens with zero attached hydrogens (tertiary/aromatic N) is 2. The molecule has 1 unspecified atom stereocenters. The minimum Gasteiger partial charge on any atom is -0.481 e. The van der Waals surface area contributed by atoms with E-state index in [0.29, 0.717) is 38.7 Å². The van der Waals surface area contributed by atoms with Crippen molar-refractivity contribution in [2.24, 2.45) is 7.05 Å². The van der Waals surface area contributed by atoms with Crippen molar-refractivity contribution in [3.05, 3.63) is 83.9 Å². The van der Waals surface area contributed by atoms with Gasteiger partial charge in [-0.2, -0.15) is 4.57 Å². The number of hydrogen-bond donors (Lipinski definition) is 1. The van der Waals surface area contributed by atoms with E-state index in [4.69, 9.17) is 4.74 Å². The van der Waals surface area contributed by atoms with Gasteiger partial charge in [0.2, 0.25) is 22.8 Å². The smallest absolute Gasteiger partial charge is 0.345 e. The van der Waals surface area contributed by atoms with Gasteiger partial charge in [0.05, 0.1) is 16.3 Å². The van der Waals surface area contributed by atoms with Crippen LogP contribution in [0.2, 0.25) is 0 Å². The zero-order chi connectivity index (χ0) is 25.4. The first-order valence-electron chi connectivity index (χ1n) is 11.5. The molecule has 180 valence electrons. The van der Waals surface area contributed by atoms with Crippen molar-refractivity contribution >= 4 is 45.6 Å². The van der Waals surface area contributed by atoms with E-state index in [-0.39, 0.29) is 31.2 Å². The van der Waals surface area contributed by atoms with Gasteiger partial charge in [0, 0.05) is 31.0 Å². The van der Waals surface area contributed by atoms with Crippen LogP contribution in [-0.2, 0) is 21.4 Å². The van der Waals surface area contributed by atoms with Crippen LogP contribution in [0, 0.1) is 0 Å². The third kappa shape index (κ3) is 3.96. The lowest BCUT2D eigenvalue weighted by Crippen LogP contribution is -2.38. The molecule has 2 heterocycles. The summed E-state index contributed by atoms with van der Waals surface area (Å²) >= 11 is 0. The Morgan fingerprint density at radius 2 is 1.56 bits per heavy atom. The topological polar surface area (TPSA) is 105 Å². The number of carboxylic acids is 1. The fourth-order valence-corrected chi connectivity index (χ4v) is 4.85. The van der Waals surface area contributed by atoms with Gasteiger partial charge in [-0.25, -0.2) is 4.79 Å². The first-order chi connectivity index (χ1) is 17.4. The Kier molecular flexibility index (Phi) is 5.93. The Labute approximate surface area is 206 Å². The van der Waals surface area contributed by atoms with Crippen LogP contribution in [0.4, 0.5) is 0 Å². The molecule has 1 N–H and O–H groups in total. The molecular weight excluding hydrogens is 460 g/mol. The fourth-order valence-electron chi connectivity index (χ4n) is 4.85. The molecule has 0 aliphatic carbocycles. The highest BCUT2D eigenvalue weighted by Gasteiger charge is 2.37. The highest BCUT2D eigenvalue weighted by molar-refractivity contribution is 6.14. The minimum atomic E-state index is -1.18. The second kappa shape index (κ2) is 9.22. The summed E-state index contributed by atoms with van der Waals surface area (Å²) in [5, 5.41) is 11.3. The molecule has 8 nitrogen and oxygen atoms in total. The van der Waals surface area contributed by atoms with Gasteiger partial charge in [0.15, 0.2) is 0 Å². The molecule has 5 rings (SSSR count). The van der Waals surface area contributed by atoms with E-state index in [1.54, 1.807) is 49.5 Å². The van der Waals surface area contributed by atoms with Crippen molar-refractivity contribution in [3.63, 3.8) is 0 Å². The van der Waals surface area contributed by atoms with Gasteiger partial charge in [0.1, 0.15) is 18.7 Å². The maximum absolute atomic E-state index is 13.5. The fraction of sp³-hybridized carbons (Fsp3) is 0.179. The largest absolute Gasteiger partial charge is 0.481 e. The van der Waals surface area contributed by atoms with Gasteiger partial charge in [0.25, 0.3) is 0 Å². The SMILES string of the molecule is C[n+]1c2ccccc2c(C(=O)Oc2ccccc2)c2cccc(C(CN3C(=O)CCC3=O)C(=O)O)c21. The molecule has 0 radical (unpaired) electrons. The predicted octanol–water partition coefficient (Wildman–Crippen LogP) is 3.35. The van der Waals surface area contributed by atoms with E-state index in [1.807, 2.05) is 34.9 Å². The molecule has 1 fully saturated rings. The third-order valence-corrected chi connectivity index (χ3v) is 6.56. The second-order valence-electron chi connectivity index (χ2n) is 8.69. The lowest BCUT2D eigenvalue weighted by Gasteiger charge is -2.20. The molecule has 0 spiro atoms. The summed E-state index contributed by atoms with van der Waals surface area (Å²) in [6.45, 7) is -0.275. The standard InChI is InChI=1S/C28H22N2O6/c1-29-22-13-6-5-10-19(22)25(28(35)36-17-8-3-2-4-9-17)20-12-7-11-18(26(20)29)21(27(33)34)16-30-23(31)14-15-24(30)32/h2-13,21H,14-16H2,1H3/p+1. The summed E-state index contributed by atoms with van der Waals surface area (Å²) in [4.78, 5) is 51.4. The van der Waals surface area contributed by atoms with Crippen molar-refractivity contribution in [2.75, 3.05) is 6.54 Å². The third-order valence-electron chi connectivity index (χ3n) is 6.56. The summed E-state index contributed by atoms with van der Waals surface area (Å²) in [5.41, 5.74) is 1.93. The van der Waals surface area contributed by atoms with Crippen LogP contribution in [0.25, 0.3) is 21.8 Å². The molecule has 4 aromatic rings. The Hall–Kier alpha value is -4.59. The van der Waals surface area contributed by atoms with E-state index in [2.05, 4.69) is 0 Å². The van der Waals surface area contributed by atoms with Crippen molar-refractivity contribution in [2.45, 2.75) is 18.8 Å². The lowest BCUT2D eigenvalue weighted by molar-refractivity contribution is -0.618. The number of para-hydroxylation sites is 3. The van der Waals surface area contributed by atoms with E-state index < -0.39 is 17.9 Å². The number of aryl methyl sites for hydroxylation is 1. The lowest BCUT2D eigenvalue weighted by atomic mass is 9.92. The number of likely N-dealkylation sites (tertiary alicyclic amines) is 1. The van der Waals surface area contributed by atoms with Crippen LogP contribution in [0.3, 0.4) is 0 Å². The summed E-state index contributed by atoms with van der Waals surface area (Å²) < 4.78 is 7.51. The Balaban J connectivity index is 1.73. The molecule has 8 heteroatoms. The average Bonchev–Trinajstić information content (AvgIpc) is 3.19. The number of fused-ring (bicyclic) bond motifs is 2. The zero-order valence-electron chi connectivity index (χ0n) is 19.5. The highest BCUT2D eigenvalue weighted by Crippen LogP contribution is 2.32. The number of aromatic nitrogens is 1. The molecule has 1 atom stereocenters. The van der Waals surface area contributed by atoms with Crippen LogP contribution in [0.5, 0.6) is 5.75 Å². The number of benzene rings is 3. The molecule has 0 bridgehead atoms. The number of hydrogen-bond acceptors (Lipinski definition) is 5. The molecule has 2 amide bonds. The van der Waals surface area contributed by atoms with Crippen molar-refractivity contribution in [1.82, 2.24) is 4.90 Å². The molecule has 0 saturated carbocycles. The van der Waals surface area contributed by atoms with Crippen LogP contribution in [-0.4, -0.2) is 40.3 Å². The summed E-state index contributed by atoms with van der Waals surface area (Å²) in [6, 6.07) is 21.1. The van der Waals surface area contributed by atoms with Gasteiger partial charge in [-0.1, -0.05) is 42.5 Å². The van der Waals surface area contributed by atoms with E-state index in [0.717, 1.165) is 4.90 Å². The normalized spacial score (nSPS) is 14.4. The average molecular weight is 484 g/mol. The van der Waals surface area contributed by atoms with Crippen molar-refractivity contribution in [3.8, 4) is 5.75 Å². The number of amides is 2. The van der Waals surface area contributed by atoms with Gasteiger partial charge >= 0.3 is 11.9 Å². The first-order valence-corrected chi connectivity index (χ1v) is 11.5. The molecule has 3 aromatic carbocycles. The van der Waals surface area contributed by atoms with E-state index >= 15 is 0 Å². The second-order valence-corrected chi connectivity index (χ2v) is 8.69. The van der Waals surface area contributed by atoms with Gasteiger partial charge in [-0.3, -0.25) is 19.3 Å². The molecule has 1 saturated heterocycles. The highest BCUT2D eigenvalue weighted by atomic mass is 16.5. The quantitative estimate of drug-likeness (QED) is 0.148. The van der Waals surface area contributed by atoms with Crippen LogP contribution < -0.4 is 9.30 Å². The van der Waals surface area contributed by atoms with Gasteiger partial charge in [-0.15, -0.1) is 0 Å². The molecule has 1 aliphatic rings. The first kappa shape index (κ1) is 23.2. The number of ether oxygens (including phenoxy) is 1. The number of esters is 1. The summed E-state index contributed by atoms with van der Waals surface area (Å²) in [6.07, 6.45) is 0.156. The molecule has 1 aliphatic heterocycles. The van der Waals surface area contributed by atoms with Crippen molar-refractivity contribution in [1.29, 1.82) is 0 Å². The predicted molar refractivity (Wildman–Crippen MR) is 130 cm³/mol. The van der Waals surface area contributed by atoms with Crippen LogP contribution in [0.15, 0.2) is 72.8 Å². The van der Waals surface area contributed by atoms with Crippen LogP contribution >= 0.6 is 0 Å². The number of carbonyl (C=O) groups excluding carboxylic acids is 3. The van der Waals surface area contributed by atoms with Gasteiger partial charge < -0.3 is 9.84 Å². The Bertz CT molecular complexity index is 1530.